The molecule has 0 spiro atoms. The molecule has 1 atom stereocenters. The Balaban J connectivity index is 1.52. The topological polar surface area (TPSA) is 66.5 Å². The van der Waals surface area contributed by atoms with Crippen LogP contribution in [0.1, 0.15) is 50.2 Å². The van der Waals surface area contributed by atoms with Gasteiger partial charge in [-0.05, 0) is 72.6 Å². The summed E-state index contributed by atoms with van der Waals surface area (Å²) in [7, 11) is 0. The molecule has 1 aliphatic heterocycles. The summed E-state index contributed by atoms with van der Waals surface area (Å²) in [4.78, 5) is 41.1. The number of fused-ring (bicyclic) bond motifs is 1. The SMILES string of the molecule is Cc1ccc([C@]2(c3ccccc3)NC(=O)N(CC(=O)c3ccc4c(c3)CCC4)C2=O)cc1C. The molecule has 1 heterocycles. The number of hydrogen-bond acceptors (Lipinski definition) is 3. The second-order valence-corrected chi connectivity index (χ2v) is 9.00. The van der Waals surface area contributed by atoms with Gasteiger partial charge in [0.1, 0.15) is 0 Å². The third kappa shape index (κ3) is 3.44. The van der Waals surface area contributed by atoms with Crippen molar-refractivity contribution in [2.75, 3.05) is 6.54 Å². The molecule has 2 aliphatic rings. The zero-order chi connectivity index (χ0) is 23.2. The highest BCUT2D eigenvalue weighted by Crippen LogP contribution is 2.37. The van der Waals surface area contributed by atoms with Gasteiger partial charge in [-0.25, -0.2) is 4.79 Å². The fourth-order valence-electron chi connectivity index (χ4n) is 4.92. The van der Waals surface area contributed by atoms with Crippen LogP contribution in [0.4, 0.5) is 4.79 Å². The van der Waals surface area contributed by atoms with E-state index >= 15 is 0 Å². The molecule has 33 heavy (non-hydrogen) atoms. The number of aryl methyl sites for hydroxylation is 4. The van der Waals surface area contributed by atoms with Gasteiger partial charge in [-0.1, -0.05) is 60.7 Å². The number of carbonyl (C=O) groups excluding carboxylic acids is 3. The number of urea groups is 1. The van der Waals surface area contributed by atoms with Crippen LogP contribution in [-0.4, -0.2) is 29.2 Å². The first kappa shape index (κ1) is 21.1. The molecule has 0 radical (unpaired) electrons. The first-order chi connectivity index (χ1) is 15.9. The Morgan fingerprint density at radius 3 is 2.39 bits per heavy atom. The predicted molar refractivity (Wildman–Crippen MR) is 126 cm³/mol. The molecule has 1 saturated heterocycles. The van der Waals surface area contributed by atoms with Gasteiger partial charge in [-0.3, -0.25) is 14.5 Å². The number of rotatable bonds is 5. The molecule has 0 bridgehead atoms. The Hall–Kier alpha value is -3.73. The van der Waals surface area contributed by atoms with E-state index in [1.807, 2.05) is 74.5 Å². The lowest BCUT2D eigenvalue weighted by molar-refractivity contribution is -0.129. The number of ketones is 1. The van der Waals surface area contributed by atoms with Gasteiger partial charge in [0.2, 0.25) is 0 Å². The summed E-state index contributed by atoms with van der Waals surface area (Å²) >= 11 is 0. The van der Waals surface area contributed by atoms with E-state index in [9.17, 15) is 14.4 Å². The molecule has 166 valence electrons. The maximum absolute atomic E-state index is 13.9. The molecule has 3 amide bonds. The number of hydrogen-bond donors (Lipinski definition) is 1. The average molecular weight is 439 g/mol. The lowest BCUT2D eigenvalue weighted by atomic mass is 9.81. The quantitative estimate of drug-likeness (QED) is 0.472. The largest absolute Gasteiger partial charge is 0.325 e. The van der Waals surface area contributed by atoms with Gasteiger partial charge < -0.3 is 5.32 Å². The van der Waals surface area contributed by atoms with Crippen molar-refractivity contribution in [1.29, 1.82) is 0 Å². The predicted octanol–water partition coefficient (Wildman–Crippen LogP) is 4.47. The fraction of sp³-hybridized carbons (Fsp3) is 0.250. The van der Waals surface area contributed by atoms with E-state index in [1.54, 1.807) is 6.07 Å². The number of nitrogens with zero attached hydrogens (tertiary/aromatic N) is 1. The van der Waals surface area contributed by atoms with Gasteiger partial charge in [0.15, 0.2) is 11.3 Å². The van der Waals surface area contributed by atoms with Crippen LogP contribution in [-0.2, 0) is 23.2 Å². The van der Waals surface area contributed by atoms with E-state index < -0.39 is 17.5 Å². The molecular weight excluding hydrogens is 412 g/mol. The normalized spacial score (nSPS) is 19.5. The van der Waals surface area contributed by atoms with E-state index in [-0.39, 0.29) is 12.3 Å². The number of Topliss-reactive ketones (excluding diaryl/α,β-unsaturated/α-hetero) is 1. The van der Waals surface area contributed by atoms with Crippen LogP contribution >= 0.6 is 0 Å². The van der Waals surface area contributed by atoms with Gasteiger partial charge in [0.05, 0.1) is 6.54 Å². The van der Waals surface area contributed by atoms with Crippen molar-refractivity contribution >= 4 is 17.7 Å². The van der Waals surface area contributed by atoms with E-state index in [0.29, 0.717) is 16.7 Å². The Kier molecular flexibility index (Phi) is 5.12. The summed E-state index contributed by atoms with van der Waals surface area (Å²) in [5.41, 5.74) is 5.11. The van der Waals surface area contributed by atoms with Crippen molar-refractivity contribution in [3.8, 4) is 0 Å². The monoisotopic (exact) mass is 438 g/mol. The van der Waals surface area contributed by atoms with Gasteiger partial charge in [-0.15, -0.1) is 0 Å². The van der Waals surface area contributed by atoms with Gasteiger partial charge in [-0.2, -0.15) is 0 Å². The third-order valence-corrected chi connectivity index (χ3v) is 6.97. The van der Waals surface area contributed by atoms with E-state index in [2.05, 4.69) is 5.32 Å². The highest BCUT2D eigenvalue weighted by atomic mass is 16.2. The van der Waals surface area contributed by atoms with E-state index in [0.717, 1.165) is 35.3 Å². The van der Waals surface area contributed by atoms with Crippen LogP contribution in [0.2, 0.25) is 0 Å². The number of carbonyl (C=O) groups is 3. The molecule has 0 unspecified atom stereocenters. The van der Waals surface area contributed by atoms with Crippen LogP contribution in [0.3, 0.4) is 0 Å². The maximum atomic E-state index is 13.9. The Morgan fingerprint density at radius 2 is 1.64 bits per heavy atom. The molecule has 5 nitrogen and oxygen atoms in total. The number of benzene rings is 3. The summed E-state index contributed by atoms with van der Waals surface area (Å²) in [5.74, 6) is -0.673. The van der Waals surface area contributed by atoms with E-state index in [1.165, 1.54) is 11.1 Å². The maximum Gasteiger partial charge on any atom is 0.325 e. The lowest BCUT2D eigenvalue weighted by Gasteiger charge is -2.28. The van der Waals surface area contributed by atoms with Gasteiger partial charge >= 0.3 is 6.03 Å². The molecule has 1 N–H and O–H groups in total. The summed E-state index contributed by atoms with van der Waals surface area (Å²) in [6.07, 6.45) is 3.09. The molecule has 3 aromatic carbocycles. The van der Waals surface area contributed by atoms with Gasteiger partial charge in [0, 0.05) is 5.56 Å². The molecular formula is C28H26N2O3. The van der Waals surface area contributed by atoms with Crippen molar-refractivity contribution < 1.29 is 14.4 Å². The molecule has 5 heteroatoms. The van der Waals surface area contributed by atoms with Crippen LogP contribution < -0.4 is 5.32 Å². The Morgan fingerprint density at radius 1 is 0.879 bits per heavy atom. The number of imide groups is 1. The molecule has 3 aromatic rings. The zero-order valence-electron chi connectivity index (χ0n) is 18.9. The minimum absolute atomic E-state index is 0.239. The Labute approximate surface area is 193 Å². The third-order valence-electron chi connectivity index (χ3n) is 6.97. The molecule has 1 fully saturated rings. The minimum Gasteiger partial charge on any atom is -0.315 e. The number of nitrogens with one attached hydrogen (secondary N) is 1. The van der Waals surface area contributed by atoms with E-state index in [4.69, 9.17) is 0 Å². The summed E-state index contributed by atoms with van der Waals surface area (Å²) in [5, 5.41) is 2.93. The van der Waals surface area contributed by atoms with Gasteiger partial charge in [0.25, 0.3) is 5.91 Å². The van der Waals surface area contributed by atoms with Crippen molar-refractivity contribution in [3.63, 3.8) is 0 Å². The first-order valence-corrected chi connectivity index (χ1v) is 11.3. The fourth-order valence-corrected chi connectivity index (χ4v) is 4.92. The summed E-state index contributed by atoms with van der Waals surface area (Å²) < 4.78 is 0. The first-order valence-electron chi connectivity index (χ1n) is 11.3. The minimum atomic E-state index is -1.37. The zero-order valence-corrected chi connectivity index (χ0v) is 18.9. The van der Waals surface area contributed by atoms with Crippen LogP contribution in [0, 0.1) is 13.8 Å². The second-order valence-electron chi connectivity index (χ2n) is 9.00. The average Bonchev–Trinajstić information content (AvgIpc) is 3.39. The van der Waals surface area contributed by atoms with Crippen LogP contribution in [0.15, 0.2) is 66.7 Å². The van der Waals surface area contributed by atoms with Crippen molar-refractivity contribution in [2.45, 2.75) is 38.6 Å². The lowest BCUT2D eigenvalue weighted by Crippen LogP contribution is -2.45. The molecule has 0 saturated carbocycles. The van der Waals surface area contributed by atoms with Crippen LogP contribution in [0.5, 0.6) is 0 Å². The van der Waals surface area contributed by atoms with Crippen molar-refractivity contribution in [1.82, 2.24) is 10.2 Å². The Bertz CT molecular complexity index is 1280. The van der Waals surface area contributed by atoms with Crippen molar-refractivity contribution in [2.24, 2.45) is 0 Å². The smallest absolute Gasteiger partial charge is 0.315 e. The summed E-state index contributed by atoms with van der Waals surface area (Å²) in [6.45, 7) is 3.70. The summed E-state index contributed by atoms with van der Waals surface area (Å²) in [6, 6.07) is 20.1. The van der Waals surface area contributed by atoms with Crippen molar-refractivity contribution in [3.05, 3.63) is 106 Å². The van der Waals surface area contributed by atoms with Crippen LogP contribution in [0.25, 0.3) is 0 Å². The molecule has 1 aliphatic carbocycles. The molecule has 0 aromatic heterocycles. The highest BCUT2D eigenvalue weighted by molar-refractivity contribution is 6.13. The number of amides is 3. The second kappa shape index (κ2) is 8.00. The standard InChI is InChI=1S/C28H26N2O3/c1-18-11-14-24(15-19(18)2)28(23-9-4-3-5-10-23)26(32)30(27(33)29-28)17-25(31)22-13-12-20-7-6-8-21(20)16-22/h3-5,9-16H,6-8,17H2,1-2H3,(H,29,33)/t28-/m0/s1. The highest BCUT2D eigenvalue weighted by Gasteiger charge is 2.54. The molecule has 5 rings (SSSR count).